The van der Waals surface area contributed by atoms with Crippen LogP contribution in [-0.4, -0.2) is 59.0 Å². The first kappa shape index (κ1) is 26.7. The van der Waals surface area contributed by atoms with Gasteiger partial charge in [-0.3, -0.25) is 9.59 Å². The molecule has 0 aliphatic carbocycles. The number of likely N-dealkylation sites (tertiary alicyclic amines) is 1. The van der Waals surface area contributed by atoms with Gasteiger partial charge in [0.05, 0.1) is 12.5 Å². The summed E-state index contributed by atoms with van der Waals surface area (Å²) in [5.41, 5.74) is 1.51. The molecule has 1 aliphatic rings. The van der Waals surface area contributed by atoms with Crippen LogP contribution in [0.1, 0.15) is 78.0 Å². The highest BCUT2D eigenvalue weighted by Gasteiger charge is 2.31. The zero-order valence-electron chi connectivity index (χ0n) is 21.3. The summed E-state index contributed by atoms with van der Waals surface area (Å²) in [4.78, 5) is 41.3. The van der Waals surface area contributed by atoms with Crippen LogP contribution in [0.4, 0.5) is 4.79 Å². The topological polar surface area (TPSA) is 79.0 Å². The summed E-state index contributed by atoms with van der Waals surface area (Å²) in [5, 5.41) is 2.92. The molecule has 184 valence electrons. The van der Waals surface area contributed by atoms with E-state index in [0.717, 1.165) is 24.0 Å². The third-order valence-electron chi connectivity index (χ3n) is 5.81. The number of ether oxygens (including phenoxy) is 1. The Bertz CT molecular complexity index is 814. The second-order valence-electron chi connectivity index (χ2n) is 10.4. The van der Waals surface area contributed by atoms with Crippen molar-refractivity contribution in [3.8, 4) is 0 Å². The molecule has 0 aromatic heterocycles. The number of carbonyl (C=O) groups is 3. The Balaban J connectivity index is 2.04. The average molecular weight is 460 g/mol. The third-order valence-corrected chi connectivity index (χ3v) is 5.81. The summed E-state index contributed by atoms with van der Waals surface area (Å²) in [6.07, 6.45) is 1.76. The summed E-state index contributed by atoms with van der Waals surface area (Å²) < 4.78 is 5.59. The Hall–Kier alpha value is -2.57. The Morgan fingerprint density at radius 2 is 1.82 bits per heavy atom. The molecule has 2 rings (SSSR count). The number of benzene rings is 1. The van der Waals surface area contributed by atoms with Gasteiger partial charge in [0.1, 0.15) is 5.60 Å². The first-order valence-corrected chi connectivity index (χ1v) is 12.0. The van der Waals surface area contributed by atoms with Crippen molar-refractivity contribution in [3.05, 3.63) is 35.4 Å². The molecule has 1 heterocycles. The Kier molecular flexibility index (Phi) is 9.32. The molecule has 7 heteroatoms. The number of rotatable bonds is 7. The van der Waals surface area contributed by atoms with Crippen LogP contribution in [0.2, 0.25) is 0 Å². The number of nitrogens with zero attached hydrogens (tertiary/aromatic N) is 2. The molecular formula is C26H41N3O4. The van der Waals surface area contributed by atoms with Crippen LogP contribution in [0.15, 0.2) is 24.3 Å². The molecule has 1 aromatic carbocycles. The minimum Gasteiger partial charge on any atom is -0.444 e. The monoisotopic (exact) mass is 459 g/mol. The molecule has 7 nitrogen and oxygen atoms in total. The molecule has 1 saturated heterocycles. The van der Waals surface area contributed by atoms with Crippen molar-refractivity contribution in [1.82, 2.24) is 15.1 Å². The van der Waals surface area contributed by atoms with E-state index in [1.165, 1.54) is 6.92 Å². The number of hydrogen-bond donors (Lipinski definition) is 1. The van der Waals surface area contributed by atoms with E-state index in [-0.39, 0.29) is 42.3 Å². The van der Waals surface area contributed by atoms with Gasteiger partial charge in [-0.25, -0.2) is 4.79 Å². The quantitative estimate of drug-likeness (QED) is 0.654. The van der Waals surface area contributed by atoms with E-state index in [4.69, 9.17) is 4.74 Å². The zero-order chi connectivity index (χ0) is 24.8. The lowest BCUT2D eigenvalue weighted by Crippen LogP contribution is -2.48. The molecule has 1 aromatic rings. The summed E-state index contributed by atoms with van der Waals surface area (Å²) in [6.45, 7) is 14.9. The molecule has 1 N–H and O–H groups in total. The van der Waals surface area contributed by atoms with Crippen molar-refractivity contribution in [3.63, 3.8) is 0 Å². The zero-order valence-corrected chi connectivity index (χ0v) is 21.3. The predicted octanol–water partition coefficient (Wildman–Crippen LogP) is 4.45. The van der Waals surface area contributed by atoms with Crippen LogP contribution in [0.25, 0.3) is 0 Å². The Morgan fingerprint density at radius 1 is 1.18 bits per heavy atom. The third kappa shape index (κ3) is 8.71. The number of aryl methyl sites for hydroxylation is 1. The maximum absolute atomic E-state index is 13.2. The SMILES string of the molecule is CC(=O)NC(CC(=O)N1CCCC(CN(C(=O)OC(C)(C)C)C(C)C)C1)c1ccc(C)cc1. The minimum atomic E-state index is -0.548. The van der Waals surface area contributed by atoms with Crippen molar-refractivity contribution in [2.75, 3.05) is 19.6 Å². The van der Waals surface area contributed by atoms with E-state index in [2.05, 4.69) is 5.32 Å². The van der Waals surface area contributed by atoms with Crippen LogP contribution in [0.5, 0.6) is 0 Å². The average Bonchev–Trinajstić information content (AvgIpc) is 2.70. The van der Waals surface area contributed by atoms with Crippen molar-refractivity contribution in [2.45, 2.75) is 85.4 Å². The smallest absolute Gasteiger partial charge is 0.410 e. The van der Waals surface area contributed by atoms with Gasteiger partial charge in [-0.05, 0) is 65.9 Å². The summed E-state index contributed by atoms with van der Waals surface area (Å²) >= 11 is 0. The lowest BCUT2D eigenvalue weighted by Gasteiger charge is -2.38. The fraction of sp³-hybridized carbons (Fsp3) is 0.654. The molecule has 2 unspecified atom stereocenters. The molecule has 0 radical (unpaired) electrons. The molecule has 0 bridgehead atoms. The fourth-order valence-corrected chi connectivity index (χ4v) is 4.14. The van der Waals surface area contributed by atoms with E-state index >= 15 is 0 Å². The number of hydrogen-bond acceptors (Lipinski definition) is 4. The maximum atomic E-state index is 13.2. The van der Waals surface area contributed by atoms with Gasteiger partial charge in [0, 0.05) is 32.6 Å². The number of carbonyl (C=O) groups excluding carboxylic acids is 3. The lowest BCUT2D eigenvalue weighted by atomic mass is 9.95. The molecule has 0 spiro atoms. The van der Waals surface area contributed by atoms with Gasteiger partial charge in [-0.1, -0.05) is 29.8 Å². The van der Waals surface area contributed by atoms with Crippen LogP contribution in [-0.2, 0) is 14.3 Å². The number of amides is 3. The van der Waals surface area contributed by atoms with Crippen LogP contribution in [0.3, 0.4) is 0 Å². The minimum absolute atomic E-state index is 0.0108. The van der Waals surface area contributed by atoms with Gasteiger partial charge in [-0.2, -0.15) is 0 Å². The van der Waals surface area contributed by atoms with Crippen LogP contribution >= 0.6 is 0 Å². The van der Waals surface area contributed by atoms with Gasteiger partial charge in [-0.15, -0.1) is 0 Å². The molecule has 3 amide bonds. The summed E-state index contributed by atoms with van der Waals surface area (Å²) in [7, 11) is 0. The Morgan fingerprint density at radius 3 is 2.36 bits per heavy atom. The summed E-state index contributed by atoms with van der Waals surface area (Å²) in [5.74, 6) is 0.0541. The van der Waals surface area contributed by atoms with Gasteiger partial charge in [0.25, 0.3) is 0 Å². The van der Waals surface area contributed by atoms with E-state index < -0.39 is 5.60 Å². The van der Waals surface area contributed by atoms with Gasteiger partial charge >= 0.3 is 6.09 Å². The van der Waals surface area contributed by atoms with Crippen molar-refractivity contribution in [2.24, 2.45) is 5.92 Å². The molecule has 33 heavy (non-hydrogen) atoms. The van der Waals surface area contributed by atoms with Crippen molar-refractivity contribution < 1.29 is 19.1 Å². The fourth-order valence-electron chi connectivity index (χ4n) is 4.14. The lowest BCUT2D eigenvalue weighted by molar-refractivity contribution is -0.134. The van der Waals surface area contributed by atoms with Crippen molar-refractivity contribution in [1.29, 1.82) is 0 Å². The first-order chi connectivity index (χ1) is 15.4. The standard InChI is InChI=1S/C26H41N3O4/c1-18(2)29(25(32)33-26(5,6)7)17-21-9-8-14-28(16-21)24(31)15-23(27-20(4)30)22-12-10-19(3)11-13-22/h10-13,18,21,23H,8-9,14-17H2,1-7H3,(H,27,30). The maximum Gasteiger partial charge on any atom is 0.410 e. The van der Waals surface area contributed by atoms with Crippen LogP contribution < -0.4 is 5.32 Å². The van der Waals surface area contributed by atoms with Crippen LogP contribution in [0, 0.1) is 12.8 Å². The van der Waals surface area contributed by atoms with Gasteiger partial charge < -0.3 is 19.9 Å². The van der Waals surface area contributed by atoms with Gasteiger partial charge in [0.2, 0.25) is 11.8 Å². The summed E-state index contributed by atoms with van der Waals surface area (Å²) in [6, 6.07) is 7.56. The highest BCUT2D eigenvalue weighted by atomic mass is 16.6. The van der Waals surface area contributed by atoms with E-state index in [0.29, 0.717) is 19.6 Å². The predicted molar refractivity (Wildman–Crippen MR) is 130 cm³/mol. The molecule has 2 atom stereocenters. The van der Waals surface area contributed by atoms with Gasteiger partial charge in [0.15, 0.2) is 0 Å². The highest BCUT2D eigenvalue weighted by Crippen LogP contribution is 2.24. The Labute approximate surface area is 198 Å². The molecule has 0 saturated carbocycles. The van der Waals surface area contributed by atoms with E-state index in [9.17, 15) is 14.4 Å². The first-order valence-electron chi connectivity index (χ1n) is 12.0. The molecular weight excluding hydrogens is 418 g/mol. The second-order valence-corrected chi connectivity index (χ2v) is 10.4. The normalized spacial score (nSPS) is 17.5. The second kappa shape index (κ2) is 11.5. The largest absolute Gasteiger partial charge is 0.444 e. The van der Waals surface area contributed by atoms with E-state index in [1.807, 2.05) is 70.7 Å². The highest BCUT2D eigenvalue weighted by molar-refractivity contribution is 5.79. The molecule has 1 fully saturated rings. The van der Waals surface area contributed by atoms with E-state index in [1.54, 1.807) is 4.90 Å². The van der Waals surface area contributed by atoms with Crippen molar-refractivity contribution >= 4 is 17.9 Å². The number of nitrogens with one attached hydrogen (secondary N) is 1. The number of piperidine rings is 1. The molecule has 1 aliphatic heterocycles.